The number of nitrogens with one attached hydrogen (secondary N) is 2. The largest absolute Gasteiger partial charge is 0.383 e. The van der Waals surface area contributed by atoms with Gasteiger partial charge in [-0.05, 0) is 58.7 Å². The number of amides is 1. The number of carbonyl (C=O) groups excluding carboxylic acids is 1. The summed E-state index contributed by atoms with van der Waals surface area (Å²) in [6, 6.07) is 27.9. The maximum absolute atomic E-state index is 12.5. The number of anilines is 3. The molecule has 0 aliphatic heterocycles. The molecule has 0 bridgehead atoms. The molecule has 7 nitrogen and oxygen atoms in total. The van der Waals surface area contributed by atoms with Gasteiger partial charge in [0.25, 0.3) is 5.91 Å². The van der Waals surface area contributed by atoms with E-state index in [0.717, 1.165) is 39.3 Å². The van der Waals surface area contributed by atoms with Crippen molar-refractivity contribution >= 4 is 45.0 Å². The maximum Gasteiger partial charge on any atom is 0.251 e. The van der Waals surface area contributed by atoms with Gasteiger partial charge in [0.05, 0.1) is 5.52 Å². The molecule has 0 saturated carbocycles. The van der Waals surface area contributed by atoms with E-state index in [0.29, 0.717) is 24.5 Å². The zero-order chi connectivity index (χ0) is 24.2. The average Bonchev–Trinajstić information content (AvgIpc) is 2.88. The fourth-order valence-corrected chi connectivity index (χ4v) is 4.06. The Hall–Kier alpha value is -4.65. The molecule has 174 valence electrons. The zero-order valence-corrected chi connectivity index (χ0v) is 19.2. The molecule has 6 N–H and O–H groups in total. The number of nitrogen functional groups attached to an aromatic ring is 2. The topological polar surface area (TPSA) is 119 Å². The van der Waals surface area contributed by atoms with Crippen molar-refractivity contribution in [3.8, 4) is 0 Å². The summed E-state index contributed by atoms with van der Waals surface area (Å²) in [6.45, 7) is 1.24. The van der Waals surface area contributed by atoms with Gasteiger partial charge in [-0.2, -0.15) is 4.98 Å². The minimum absolute atomic E-state index is 0.0549. The van der Waals surface area contributed by atoms with E-state index in [9.17, 15) is 4.79 Å². The SMILES string of the molecule is Nc1nc(N)c2cc(NCc3ccc(CCNC(=O)c4ccc5ccccc5c4)cc3)ccc2n1. The molecule has 0 atom stereocenters. The van der Waals surface area contributed by atoms with E-state index in [2.05, 4.69) is 44.9 Å². The predicted molar refractivity (Wildman–Crippen MR) is 142 cm³/mol. The minimum Gasteiger partial charge on any atom is -0.383 e. The van der Waals surface area contributed by atoms with Gasteiger partial charge in [0.2, 0.25) is 5.95 Å². The van der Waals surface area contributed by atoms with E-state index >= 15 is 0 Å². The lowest BCUT2D eigenvalue weighted by atomic mass is 10.1. The first-order valence-electron chi connectivity index (χ1n) is 11.5. The Labute approximate surface area is 203 Å². The third-order valence-corrected chi connectivity index (χ3v) is 5.97. The predicted octanol–water partition coefficient (Wildman–Crippen LogP) is 4.53. The molecular weight excluding hydrogens is 436 g/mol. The molecule has 35 heavy (non-hydrogen) atoms. The van der Waals surface area contributed by atoms with Crippen LogP contribution in [0.15, 0.2) is 84.9 Å². The van der Waals surface area contributed by atoms with Crippen molar-refractivity contribution in [1.29, 1.82) is 0 Å². The third kappa shape index (κ3) is 5.14. The lowest BCUT2D eigenvalue weighted by Gasteiger charge is -2.10. The first-order valence-corrected chi connectivity index (χ1v) is 11.5. The fourth-order valence-electron chi connectivity index (χ4n) is 4.06. The van der Waals surface area contributed by atoms with Crippen LogP contribution in [0, 0.1) is 0 Å². The molecule has 4 aromatic carbocycles. The summed E-state index contributed by atoms with van der Waals surface area (Å²) in [6.07, 6.45) is 0.764. The molecule has 0 aliphatic carbocycles. The molecule has 1 aromatic heterocycles. The van der Waals surface area contributed by atoms with Crippen LogP contribution < -0.4 is 22.1 Å². The molecule has 0 saturated heterocycles. The van der Waals surface area contributed by atoms with Crippen LogP contribution in [0.3, 0.4) is 0 Å². The van der Waals surface area contributed by atoms with Crippen LogP contribution in [-0.2, 0) is 13.0 Å². The van der Waals surface area contributed by atoms with Gasteiger partial charge in [-0.1, -0.05) is 54.6 Å². The second-order valence-corrected chi connectivity index (χ2v) is 8.44. The second-order valence-electron chi connectivity index (χ2n) is 8.44. The minimum atomic E-state index is -0.0549. The highest BCUT2D eigenvalue weighted by Crippen LogP contribution is 2.23. The zero-order valence-electron chi connectivity index (χ0n) is 19.2. The summed E-state index contributed by atoms with van der Waals surface area (Å²) in [5, 5.41) is 9.38. The quantitative estimate of drug-likeness (QED) is 0.282. The fraction of sp³-hybridized carbons (Fsp3) is 0.107. The number of carbonyl (C=O) groups is 1. The van der Waals surface area contributed by atoms with E-state index < -0.39 is 0 Å². The Morgan fingerprint density at radius 3 is 2.40 bits per heavy atom. The van der Waals surface area contributed by atoms with Crippen LogP contribution in [0.1, 0.15) is 21.5 Å². The van der Waals surface area contributed by atoms with Gasteiger partial charge in [0.15, 0.2) is 0 Å². The standard InChI is InChI=1S/C28H26N6O/c29-26-24-16-23(11-12-25(24)33-28(30)34-26)32-17-19-7-5-18(6-8-19)13-14-31-27(35)22-10-9-20-3-1-2-4-21(20)15-22/h1-12,15-16,32H,13-14,17H2,(H,31,35)(H4,29,30,33,34). The van der Waals surface area contributed by atoms with E-state index in [1.54, 1.807) is 0 Å². The van der Waals surface area contributed by atoms with E-state index in [1.807, 2.05) is 60.7 Å². The molecule has 1 heterocycles. The van der Waals surface area contributed by atoms with Gasteiger partial charge < -0.3 is 22.1 Å². The summed E-state index contributed by atoms with van der Waals surface area (Å²) < 4.78 is 0. The number of aromatic nitrogens is 2. The van der Waals surface area contributed by atoms with Crippen LogP contribution >= 0.6 is 0 Å². The van der Waals surface area contributed by atoms with Crippen molar-refractivity contribution in [3.05, 3.63) is 102 Å². The number of rotatable bonds is 7. The Balaban J connectivity index is 1.13. The number of fused-ring (bicyclic) bond motifs is 2. The first-order chi connectivity index (χ1) is 17.0. The number of nitrogens with zero attached hydrogens (tertiary/aromatic N) is 2. The molecule has 0 unspecified atom stereocenters. The Morgan fingerprint density at radius 1 is 0.800 bits per heavy atom. The van der Waals surface area contributed by atoms with Crippen molar-refractivity contribution in [2.75, 3.05) is 23.3 Å². The van der Waals surface area contributed by atoms with Crippen LogP contribution in [0.4, 0.5) is 17.5 Å². The Bertz CT molecular complexity index is 1510. The Kier molecular flexibility index (Phi) is 6.13. The molecule has 5 aromatic rings. The number of hydrogen-bond donors (Lipinski definition) is 4. The van der Waals surface area contributed by atoms with Crippen molar-refractivity contribution in [1.82, 2.24) is 15.3 Å². The van der Waals surface area contributed by atoms with Gasteiger partial charge in [-0.3, -0.25) is 4.79 Å². The number of benzene rings is 4. The molecule has 7 heteroatoms. The van der Waals surface area contributed by atoms with Crippen LogP contribution in [0.2, 0.25) is 0 Å². The highest BCUT2D eigenvalue weighted by molar-refractivity contribution is 5.98. The van der Waals surface area contributed by atoms with Crippen LogP contribution in [0.5, 0.6) is 0 Å². The number of nitrogens with two attached hydrogens (primary N) is 2. The summed E-state index contributed by atoms with van der Waals surface area (Å²) in [4.78, 5) is 20.8. The normalized spacial score (nSPS) is 11.0. The molecule has 5 rings (SSSR count). The number of hydrogen-bond acceptors (Lipinski definition) is 6. The van der Waals surface area contributed by atoms with Crippen molar-refractivity contribution < 1.29 is 4.79 Å². The summed E-state index contributed by atoms with van der Waals surface area (Å²) in [5.74, 6) is 0.484. The monoisotopic (exact) mass is 462 g/mol. The highest BCUT2D eigenvalue weighted by Gasteiger charge is 2.07. The molecule has 0 spiro atoms. The van der Waals surface area contributed by atoms with Gasteiger partial charge in [-0.25, -0.2) is 4.98 Å². The van der Waals surface area contributed by atoms with E-state index in [1.165, 1.54) is 5.56 Å². The molecule has 0 radical (unpaired) electrons. The molecular formula is C28H26N6O. The summed E-state index contributed by atoms with van der Waals surface area (Å²) >= 11 is 0. The smallest absolute Gasteiger partial charge is 0.251 e. The van der Waals surface area contributed by atoms with Crippen LogP contribution in [-0.4, -0.2) is 22.4 Å². The van der Waals surface area contributed by atoms with E-state index in [-0.39, 0.29) is 11.9 Å². The van der Waals surface area contributed by atoms with Crippen LogP contribution in [0.25, 0.3) is 21.7 Å². The summed E-state index contributed by atoms with van der Waals surface area (Å²) in [5.41, 5.74) is 16.3. The Morgan fingerprint density at radius 2 is 1.57 bits per heavy atom. The third-order valence-electron chi connectivity index (χ3n) is 5.97. The molecule has 0 fully saturated rings. The van der Waals surface area contributed by atoms with Crippen molar-refractivity contribution in [2.24, 2.45) is 0 Å². The van der Waals surface area contributed by atoms with Gasteiger partial charge >= 0.3 is 0 Å². The van der Waals surface area contributed by atoms with Crippen molar-refractivity contribution in [2.45, 2.75) is 13.0 Å². The van der Waals surface area contributed by atoms with Gasteiger partial charge in [0, 0.05) is 29.7 Å². The van der Waals surface area contributed by atoms with Gasteiger partial charge in [-0.15, -0.1) is 0 Å². The van der Waals surface area contributed by atoms with E-state index in [4.69, 9.17) is 11.5 Å². The maximum atomic E-state index is 12.5. The highest BCUT2D eigenvalue weighted by atomic mass is 16.1. The summed E-state index contributed by atoms with van der Waals surface area (Å²) in [7, 11) is 0. The van der Waals surface area contributed by atoms with Gasteiger partial charge in [0.1, 0.15) is 5.82 Å². The first kappa shape index (κ1) is 22.2. The average molecular weight is 463 g/mol. The lowest BCUT2D eigenvalue weighted by Crippen LogP contribution is -2.25. The van der Waals surface area contributed by atoms with Crippen molar-refractivity contribution in [3.63, 3.8) is 0 Å². The molecule has 1 amide bonds. The second kappa shape index (κ2) is 9.69. The molecule has 0 aliphatic rings. The lowest BCUT2D eigenvalue weighted by molar-refractivity contribution is 0.0954.